The topological polar surface area (TPSA) is 18.5 Å². The molecule has 0 aromatic heterocycles. The van der Waals surface area contributed by atoms with Crippen molar-refractivity contribution >= 4 is 23.2 Å². The lowest BCUT2D eigenvalue weighted by atomic mass is 10.1. The highest BCUT2D eigenvalue weighted by molar-refractivity contribution is 6.18. The Hall–Kier alpha value is -0.600. The van der Waals surface area contributed by atoms with Gasteiger partial charge in [0.15, 0.2) is 0 Å². The Kier molecular flexibility index (Phi) is 8.08. The van der Waals surface area contributed by atoms with E-state index in [0.29, 0.717) is 18.4 Å². The summed E-state index contributed by atoms with van der Waals surface area (Å²) in [6.45, 7) is 2.90. The molecule has 0 spiro atoms. The molecule has 0 radical (unpaired) electrons. The van der Waals surface area contributed by atoms with E-state index in [4.69, 9.17) is 32.7 Å². The van der Waals surface area contributed by atoms with E-state index in [1.807, 2.05) is 12.1 Å². The predicted molar refractivity (Wildman–Crippen MR) is 81.7 cm³/mol. The minimum absolute atomic E-state index is 0.371. The molecular weight excluding hydrogens is 283 g/mol. The first-order valence-corrected chi connectivity index (χ1v) is 7.78. The van der Waals surface area contributed by atoms with Crippen molar-refractivity contribution in [1.29, 1.82) is 0 Å². The van der Waals surface area contributed by atoms with Gasteiger partial charge in [0.25, 0.3) is 0 Å². The van der Waals surface area contributed by atoms with Crippen LogP contribution in [0.4, 0.5) is 0 Å². The first kappa shape index (κ1) is 16.5. The van der Waals surface area contributed by atoms with Gasteiger partial charge in [0.05, 0.1) is 25.2 Å². The zero-order valence-electron chi connectivity index (χ0n) is 11.7. The Bertz CT molecular complexity index is 381. The number of unbranched alkanes of at least 4 members (excludes halogenated alkanes) is 3. The highest BCUT2D eigenvalue weighted by Gasteiger charge is 2.12. The van der Waals surface area contributed by atoms with Crippen LogP contribution in [0.3, 0.4) is 0 Å². The van der Waals surface area contributed by atoms with Crippen LogP contribution < -0.4 is 9.47 Å². The fourth-order valence-electron chi connectivity index (χ4n) is 1.90. The van der Waals surface area contributed by atoms with Gasteiger partial charge in [-0.3, -0.25) is 0 Å². The molecule has 0 aliphatic rings. The van der Waals surface area contributed by atoms with E-state index in [-0.39, 0.29) is 0 Å². The second-order valence-corrected chi connectivity index (χ2v) is 4.99. The Balaban J connectivity index is 2.73. The first-order valence-electron chi connectivity index (χ1n) is 6.71. The number of rotatable bonds is 9. The molecule has 0 heterocycles. The van der Waals surface area contributed by atoms with E-state index in [1.54, 1.807) is 7.11 Å². The summed E-state index contributed by atoms with van der Waals surface area (Å²) in [5, 5.41) is 0. The molecule has 1 rings (SSSR count). The quantitative estimate of drug-likeness (QED) is 0.465. The van der Waals surface area contributed by atoms with E-state index >= 15 is 0 Å². The van der Waals surface area contributed by atoms with Crippen molar-refractivity contribution in [2.24, 2.45) is 0 Å². The average Bonchev–Trinajstić information content (AvgIpc) is 2.45. The second-order valence-electron chi connectivity index (χ2n) is 4.45. The highest BCUT2D eigenvalue weighted by atomic mass is 35.5. The lowest BCUT2D eigenvalue weighted by Gasteiger charge is -2.15. The molecule has 0 fully saturated rings. The van der Waals surface area contributed by atoms with Crippen LogP contribution in [0.5, 0.6) is 11.5 Å². The molecule has 0 saturated carbocycles. The lowest BCUT2D eigenvalue weighted by Crippen LogP contribution is -2.02. The van der Waals surface area contributed by atoms with Gasteiger partial charge in [-0.2, -0.15) is 0 Å². The second kappa shape index (κ2) is 9.33. The number of hydrogen-bond acceptors (Lipinski definition) is 2. The molecule has 1 aromatic carbocycles. The van der Waals surface area contributed by atoms with Crippen LogP contribution in [0, 0.1) is 0 Å². The fraction of sp³-hybridized carbons (Fsp3) is 0.600. The number of methoxy groups -OCH3 is 1. The molecule has 0 atom stereocenters. The van der Waals surface area contributed by atoms with Gasteiger partial charge in [-0.25, -0.2) is 0 Å². The van der Waals surface area contributed by atoms with Crippen LogP contribution in [0.2, 0.25) is 0 Å². The van der Waals surface area contributed by atoms with E-state index in [9.17, 15) is 0 Å². The number of benzene rings is 1. The Morgan fingerprint density at radius 1 is 1.00 bits per heavy atom. The highest BCUT2D eigenvalue weighted by Crippen LogP contribution is 2.32. The standard InChI is InChI=1S/C15H22Cl2O2/c1-3-4-5-6-7-19-15-9-12(10-16)8-14(18-2)13(15)11-17/h8-9H,3-7,10-11H2,1-2H3. The van der Waals surface area contributed by atoms with E-state index in [2.05, 4.69) is 6.92 Å². The molecule has 0 N–H and O–H groups in total. The van der Waals surface area contributed by atoms with Crippen molar-refractivity contribution in [2.45, 2.75) is 44.4 Å². The van der Waals surface area contributed by atoms with Crippen LogP contribution in [0.25, 0.3) is 0 Å². The number of halogens is 2. The smallest absolute Gasteiger partial charge is 0.127 e. The Morgan fingerprint density at radius 3 is 2.32 bits per heavy atom. The summed E-state index contributed by atoms with van der Waals surface area (Å²) in [5.74, 6) is 2.35. The van der Waals surface area contributed by atoms with Crippen molar-refractivity contribution < 1.29 is 9.47 Å². The van der Waals surface area contributed by atoms with Crippen molar-refractivity contribution in [3.05, 3.63) is 23.3 Å². The molecule has 0 saturated heterocycles. The molecule has 108 valence electrons. The number of alkyl halides is 2. The summed E-state index contributed by atoms with van der Waals surface area (Å²) in [6.07, 6.45) is 4.72. The minimum Gasteiger partial charge on any atom is -0.496 e. The van der Waals surface area contributed by atoms with Crippen molar-refractivity contribution in [3.63, 3.8) is 0 Å². The van der Waals surface area contributed by atoms with Crippen molar-refractivity contribution in [1.82, 2.24) is 0 Å². The molecule has 0 bridgehead atoms. The van der Waals surface area contributed by atoms with Gasteiger partial charge in [-0.05, 0) is 24.1 Å². The molecule has 0 unspecified atom stereocenters. The van der Waals surface area contributed by atoms with Gasteiger partial charge in [0, 0.05) is 5.88 Å². The van der Waals surface area contributed by atoms with Crippen molar-refractivity contribution in [2.75, 3.05) is 13.7 Å². The summed E-state index contributed by atoms with van der Waals surface area (Å²) in [5.41, 5.74) is 1.88. The maximum Gasteiger partial charge on any atom is 0.127 e. The minimum atomic E-state index is 0.371. The summed E-state index contributed by atoms with van der Waals surface area (Å²) in [7, 11) is 1.63. The average molecular weight is 305 g/mol. The Labute approximate surface area is 126 Å². The summed E-state index contributed by atoms with van der Waals surface area (Å²) in [6, 6.07) is 3.86. The van der Waals surface area contributed by atoms with Gasteiger partial charge in [-0.1, -0.05) is 26.2 Å². The number of ether oxygens (including phenoxy) is 2. The Morgan fingerprint density at radius 2 is 1.74 bits per heavy atom. The SMILES string of the molecule is CCCCCCOc1cc(CCl)cc(OC)c1CCl. The molecule has 19 heavy (non-hydrogen) atoms. The zero-order valence-corrected chi connectivity index (χ0v) is 13.2. The molecule has 1 aromatic rings. The van der Waals surface area contributed by atoms with E-state index < -0.39 is 0 Å². The van der Waals surface area contributed by atoms with Gasteiger partial charge < -0.3 is 9.47 Å². The number of hydrogen-bond donors (Lipinski definition) is 0. The maximum atomic E-state index is 5.98. The lowest BCUT2D eigenvalue weighted by molar-refractivity contribution is 0.299. The predicted octanol–water partition coefficient (Wildman–Crippen LogP) is 5.13. The van der Waals surface area contributed by atoms with Gasteiger partial charge in [0.1, 0.15) is 11.5 Å². The molecule has 0 aliphatic heterocycles. The van der Waals surface area contributed by atoms with Gasteiger partial charge in [-0.15, -0.1) is 23.2 Å². The van der Waals surface area contributed by atoms with Gasteiger partial charge in [0.2, 0.25) is 0 Å². The molecular formula is C15H22Cl2O2. The first-order chi connectivity index (χ1) is 9.26. The zero-order chi connectivity index (χ0) is 14.1. The third-order valence-corrected chi connectivity index (χ3v) is 3.57. The summed E-state index contributed by atoms with van der Waals surface area (Å²) >= 11 is 11.9. The van der Waals surface area contributed by atoms with Crippen LogP contribution >= 0.6 is 23.2 Å². The molecule has 2 nitrogen and oxygen atoms in total. The largest absolute Gasteiger partial charge is 0.496 e. The van der Waals surface area contributed by atoms with E-state index in [0.717, 1.165) is 29.0 Å². The van der Waals surface area contributed by atoms with Crippen LogP contribution in [-0.4, -0.2) is 13.7 Å². The molecule has 0 aliphatic carbocycles. The fourth-order valence-corrected chi connectivity index (χ4v) is 2.32. The van der Waals surface area contributed by atoms with Crippen LogP contribution in [-0.2, 0) is 11.8 Å². The summed E-state index contributed by atoms with van der Waals surface area (Å²) < 4.78 is 11.2. The normalized spacial score (nSPS) is 10.5. The third-order valence-electron chi connectivity index (χ3n) is 2.99. The van der Waals surface area contributed by atoms with Crippen molar-refractivity contribution in [3.8, 4) is 11.5 Å². The molecule has 0 amide bonds. The molecule has 4 heteroatoms. The van der Waals surface area contributed by atoms with E-state index in [1.165, 1.54) is 19.3 Å². The summed E-state index contributed by atoms with van der Waals surface area (Å²) in [4.78, 5) is 0. The third kappa shape index (κ3) is 5.12. The van der Waals surface area contributed by atoms with Gasteiger partial charge >= 0.3 is 0 Å². The van der Waals surface area contributed by atoms with Crippen LogP contribution in [0.1, 0.15) is 43.7 Å². The maximum absolute atomic E-state index is 5.98. The monoisotopic (exact) mass is 304 g/mol. The van der Waals surface area contributed by atoms with Crippen LogP contribution in [0.15, 0.2) is 12.1 Å².